The van der Waals surface area contributed by atoms with Crippen LogP contribution < -0.4 is 11.1 Å². The third-order valence-corrected chi connectivity index (χ3v) is 3.68. The Morgan fingerprint density at radius 3 is 2.58 bits per heavy atom. The fourth-order valence-corrected chi connectivity index (χ4v) is 1.93. The summed E-state index contributed by atoms with van der Waals surface area (Å²) in [7, 11) is 0. The van der Waals surface area contributed by atoms with Gasteiger partial charge in [-0.05, 0) is 40.2 Å². The molecule has 19 heavy (non-hydrogen) atoms. The lowest BCUT2D eigenvalue weighted by Crippen LogP contribution is -1.98. The molecule has 98 valence electrons. The molecule has 0 fully saturated rings. The second-order valence-corrected chi connectivity index (χ2v) is 5.04. The molecule has 0 aliphatic heterocycles. The summed E-state index contributed by atoms with van der Waals surface area (Å²) in [4.78, 5) is 10.1. The first-order valence-corrected chi connectivity index (χ1v) is 6.40. The van der Waals surface area contributed by atoms with Gasteiger partial charge in [0.25, 0.3) is 5.69 Å². The lowest BCUT2D eigenvalue weighted by Gasteiger charge is -2.09. The Hall–Kier alpha value is -1.79. The van der Waals surface area contributed by atoms with E-state index in [-0.39, 0.29) is 5.69 Å². The summed E-state index contributed by atoms with van der Waals surface area (Å²) < 4.78 is 0.788. The maximum absolute atomic E-state index is 10.6. The van der Waals surface area contributed by atoms with Gasteiger partial charge in [0.15, 0.2) is 0 Å². The van der Waals surface area contributed by atoms with Crippen molar-refractivity contribution in [2.24, 2.45) is 0 Å². The second-order valence-electron chi connectivity index (χ2n) is 3.78. The number of rotatable bonds is 3. The molecule has 0 spiro atoms. The van der Waals surface area contributed by atoms with Crippen molar-refractivity contribution in [2.75, 3.05) is 11.1 Å². The molecule has 2 rings (SSSR count). The van der Waals surface area contributed by atoms with Crippen LogP contribution in [0.3, 0.4) is 0 Å². The van der Waals surface area contributed by atoms with Gasteiger partial charge in [-0.25, -0.2) is 0 Å². The molecular weight excluding hydrogens is 334 g/mol. The summed E-state index contributed by atoms with van der Waals surface area (Å²) >= 11 is 9.27. The SMILES string of the molecule is Nc1cc([N+](=O)[O-])ccc1Nc1ccc(Br)c(Cl)c1. The highest BCUT2D eigenvalue weighted by molar-refractivity contribution is 9.10. The minimum Gasteiger partial charge on any atom is -0.397 e. The van der Waals surface area contributed by atoms with Gasteiger partial charge >= 0.3 is 0 Å². The number of nitrogens with zero attached hydrogens (tertiary/aromatic N) is 1. The number of nitro benzene ring substituents is 1. The van der Waals surface area contributed by atoms with E-state index < -0.39 is 4.92 Å². The van der Waals surface area contributed by atoms with Crippen molar-refractivity contribution in [3.05, 3.63) is 56.0 Å². The summed E-state index contributed by atoms with van der Waals surface area (Å²) in [5, 5.41) is 14.2. The topological polar surface area (TPSA) is 81.2 Å². The number of nitro groups is 1. The molecule has 0 amide bonds. The quantitative estimate of drug-likeness (QED) is 0.494. The van der Waals surface area contributed by atoms with E-state index in [2.05, 4.69) is 21.2 Å². The molecule has 2 aromatic carbocycles. The maximum atomic E-state index is 10.6. The van der Waals surface area contributed by atoms with Gasteiger partial charge in [-0.3, -0.25) is 10.1 Å². The fraction of sp³-hybridized carbons (Fsp3) is 0. The number of hydrogen-bond donors (Lipinski definition) is 2. The molecule has 0 atom stereocenters. The molecule has 0 unspecified atom stereocenters. The van der Waals surface area contributed by atoms with Gasteiger partial charge in [-0.1, -0.05) is 11.6 Å². The average Bonchev–Trinajstić information content (AvgIpc) is 2.36. The van der Waals surface area contributed by atoms with E-state index in [1.807, 2.05) is 6.07 Å². The van der Waals surface area contributed by atoms with Crippen LogP contribution in [0.5, 0.6) is 0 Å². The lowest BCUT2D eigenvalue weighted by molar-refractivity contribution is -0.384. The average molecular weight is 343 g/mol. The summed E-state index contributed by atoms with van der Waals surface area (Å²) in [6.45, 7) is 0. The van der Waals surface area contributed by atoms with E-state index in [1.165, 1.54) is 12.1 Å². The Kier molecular flexibility index (Phi) is 3.92. The van der Waals surface area contributed by atoms with Crippen molar-refractivity contribution < 1.29 is 4.92 Å². The Morgan fingerprint density at radius 1 is 1.26 bits per heavy atom. The highest BCUT2D eigenvalue weighted by Gasteiger charge is 2.09. The van der Waals surface area contributed by atoms with Crippen LogP contribution in [0, 0.1) is 10.1 Å². The van der Waals surface area contributed by atoms with Crippen LogP contribution in [0.4, 0.5) is 22.7 Å². The summed E-state index contributed by atoms with van der Waals surface area (Å²) in [5.74, 6) is 0. The van der Waals surface area contributed by atoms with Crippen LogP contribution >= 0.6 is 27.5 Å². The van der Waals surface area contributed by atoms with Crippen LogP contribution in [0.25, 0.3) is 0 Å². The molecule has 0 aliphatic rings. The van der Waals surface area contributed by atoms with E-state index in [0.29, 0.717) is 16.4 Å². The zero-order chi connectivity index (χ0) is 14.0. The molecule has 0 aromatic heterocycles. The van der Waals surface area contributed by atoms with Crippen LogP contribution in [-0.4, -0.2) is 4.92 Å². The second kappa shape index (κ2) is 5.46. The smallest absolute Gasteiger partial charge is 0.271 e. The normalized spacial score (nSPS) is 10.2. The maximum Gasteiger partial charge on any atom is 0.271 e. The molecule has 0 saturated heterocycles. The first kappa shape index (κ1) is 13.6. The molecule has 0 aliphatic carbocycles. The first-order chi connectivity index (χ1) is 8.97. The number of nitrogens with two attached hydrogens (primary N) is 1. The van der Waals surface area contributed by atoms with Crippen molar-refractivity contribution in [3.8, 4) is 0 Å². The van der Waals surface area contributed by atoms with Crippen molar-refractivity contribution in [3.63, 3.8) is 0 Å². The van der Waals surface area contributed by atoms with E-state index in [0.717, 1.165) is 10.2 Å². The largest absolute Gasteiger partial charge is 0.397 e. The van der Waals surface area contributed by atoms with Gasteiger partial charge in [0.2, 0.25) is 0 Å². The zero-order valence-corrected chi connectivity index (χ0v) is 11.9. The minimum absolute atomic E-state index is 0.0445. The number of nitrogen functional groups attached to an aromatic ring is 1. The highest BCUT2D eigenvalue weighted by Crippen LogP contribution is 2.30. The molecule has 5 nitrogen and oxygen atoms in total. The van der Waals surface area contributed by atoms with E-state index in [1.54, 1.807) is 18.2 Å². The van der Waals surface area contributed by atoms with Crippen molar-refractivity contribution >= 4 is 50.3 Å². The third kappa shape index (κ3) is 3.15. The van der Waals surface area contributed by atoms with Crippen LogP contribution in [0.15, 0.2) is 40.9 Å². The predicted molar refractivity (Wildman–Crippen MR) is 79.9 cm³/mol. The van der Waals surface area contributed by atoms with Gasteiger partial charge in [0.1, 0.15) is 0 Å². The Bertz CT molecular complexity index is 649. The fourth-order valence-electron chi connectivity index (χ4n) is 1.51. The minimum atomic E-state index is -0.489. The third-order valence-electron chi connectivity index (χ3n) is 2.44. The Labute approximate surface area is 122 Å². The molecule has 0 heterocycles. The Morgan fingerprint density at radius 2 is 2.00 bits per heavy atom. The summed E-state index contributed by atoms with van der Waals surface area (Å²) in [6.07, 6.45) is 0. The molecular formula is C12H9BrClN3O2. The van der Waals surface area contributed by atoms with Crippen molar-refractivity contribution in [1.29, 1.82) is 0 Å². The molecule has 0 radical (unpaired) electrons. The van der Waals surface area contributed by atoms with Gasteiger partial charge in [-0.2, -0.15) is 0 Å². The molecule has 7 heteroatoms. The van der Waals surface area contributed by atoms with E-state index >= 15 is 0 Å². The number of halogens is 2. The van der Waals surface area contributed by atoms with Gasteiger partial charge in [-0.15, -0.1) is 0 Å². The van der Waals surface area contributed by atoms with E-state index in [9.17, 15) is 10.1 Å². The number of benzene rings is 2. The van der Waals surface area contributed by atoms with E-state index in [4.69, 9.17) is 17.3 Å². The van der Waals surface area contributed by atoms with Crippen molar-refractivity contribution in [1.82, 2.24) is 0 Å². The standard InChI is InChI=1S/C12H9BrClN3O2/c13-9-3-1-7(5-10(9)14)16-12-4-2-8(17(18)19)6-11(12)15/h1-6,16H,15H2. The van der Waals surface area contributed by atoms with Crippen LogP contribution in [-0.2, 0) is 0 Å². The summed E-state index contributed by atoms with van der Waals surface area (Å²) in [5.41, 5.74) is 7.35. The van der Waals surface area contributed by atoms with Gasteiger partial charge < -0.3 is 11.1 Å². The first-order valence-electron chi connectivity index (χ1n) is 5.23. The van der Waals surface area contributed by atoms with Crippen molar-refractivity contribution in [2.45, 2.75) is 0 Å². The number of nitrogens with one attached hydrogen (secondary N) is 1. The monoisotopic (exact) mass is 341 g/mol. The molecule has 0 bridgehead atoms. The van der Waals surface area contributed by atoms with Crippen LogP contribution in [0.2, 0.25) is 5.02 Å². The predicted octanol–water partition coefficient (Wildman–Crippen LogP) is 4.34. The number of anilines is 3. The van der Waals surface area contributed by atoms with Gasteiger partial charge in [0.05, 0.1) is 21.3 Å². The molecule has 3 N–H and O–H groups in total. The Balaban J connectivity index is 2.28. The van der Waals surface area contributed by atoms with Gasteiger partial charge in [0, 0.05) is 22.3 Å². The lowest BCUT2D eigenvalue weighted by atomic mass is 10.2. The summed E-state index contributed by atoms with van der Waals surface area (Å²) in [6, 6.07) is 9.60. The zero-order valence-electron chi connectivity index (χ0n) is 9.56. The molecule has 0 saturated carbocycles. The number of hydrogen-bond acceptors (Lipinski definition) is 4. The molecule has 2 aromatic rings. The highest BCUT2D eigenvalue weighted by atomic mass is 79.9. The van der Waals surface area contributed by atoms with Crippen LogP contribution in [0.1, 0.15) is 0 Å². The number of non-ortho nitro benzene ring substituents is 1.